The molecule has 0 rings (SSSR count). The van der Waals surface area contributed by atoms with E-state index in [0.717, 1.165) is 0 Å². The van der Waals surface area contributed by atoms with E-state index in [2.05, 4.69) is 34.0 Å². The van der Waals surface area contributed by atoms with Crippen molar-refractivity contribution in [1.82, 2.24) is 0 Å². The van der Waals surface area contributed by atoms with Crippen LogP contribution in [-0.2, 0) is 0 Å². The Morgan fingerprint density at radius 3 is 2.17 bits per heavy atom. The van der Waals surface area contributed by atoms with Gasteiger partial charge in [0, 0.05) is 4.99 Å². The fourth-order valence-corrected chi connectivity index (χ4v) is 0.200. The first-order valence-corrected chi connectivity index (χ1v) is 2.03. The molecule has 0 heterocycles. The maximum Gasteiger partial charge on any atom is 0.0316 e. The molecule has 2 heteroatoms. The fourth-order valence-electron chi connectivity index (χ4n) is 0.0386. The second-order valence-corrected chi connectivity index (χ2v) is 0.888. The minimum Gasteiger partial charge on any atom is -0.147 e. The highest BCUT2D eigenvalue weighted by Crippen LogP contribution is 1.72. The molecule has 0 spiro atoms. The Morgan fingerprint density at radius 2 is 2.17 bits per heavy atom. The highest BCUT2D eigenvalue weighted by atomic mass is 79.9. The summed E-state index contributed by atoms with van der Waals surface area (Å²) in [5.74, 6) is 0. The molecular weight excluding hydrogens is 163 g/mol. The lowest BCUT2D eigenvalue weighted by molar-refractivity contribution is 2.35. The van der Waals surface area contributed by atoms with Crippen molar-refractivity contribution < 1.29 is 0 Å². The lowest BCUT2D eigenvalue weighted by Gasteiger charge is -1.37. The first kappa shape index (κ1) is 9.42. The van der Waals surface area contributed by atoms with Crippen molar-refractivity contribution >= 4 is 28.3 Å². The molecule has 0 nitrogen and oxygen atoms in total. The van der Waals surface area contributed by atoms with Gasteiger partial charge in [-0.1, -0.05) is 11.5 Å². The monoisotopic (exact) mass is 166 g/mol. The summed E-state index contributed by atoms with van der Waals surface area (Å²) in [5.41, 5.74) is 4.96. The number of halogens is 2. The SMILES string of the molecule is C=C=C=CBr.Cl. The van der Waals surface area contributed by atoms with E-state index in [0.29, 0.717) is 0 Å². The molecule has 0 saturated carbocycles. The van der Waals surface area contributed by atoms with Gasteiger partial charge in [-0.25, -0.2) is 0 Å². The van der Waals surface area contributed by atoms with E-state index in [9.17, 15) is 0 Å². The number of hydrogen-bond acceptors (Lipinski definition) is 0. The van der Waals surface area contributed by atoms with Crippen LogP contribution in [0.1, 0.15) is 0 Å². The molecule has 6 heavy (non-hydrogen) atoms. The van der Waals surface area contributed by atoms with Gasteiger partial charge < -0.3 is 0 Å². The summed E-state index contributed by atoms with van der Waals surface area (Å²) in [6.45, 7) is 3.25. The van der Waals surface area contributed by atoms with Gasteiger partial charge in [0.2, 0.25) is 0 Å². The molecule has 0 aromatic heterocycles. The van der Waals surface area contributed by atoms with Gasteiger partial charge in [0.25, 0.3) is 0 Å². The van der Waals surface area contributed by atoms with E-state index in [1.54, 1.807) is 4.99 Å². The molecule has 0 aliphatic carbocycles. The zero-order valence-corrected chi connectivity index (χ0v) is 5.47. The van der Waals surface area contributed by atoms with Crippen molar-refractivity contribution in [2.45, 2.75) is 0 Å². The largest absolute Gasteiger partial charge is 0.147 e. The number of rotatable bonds is 0. The first-order chi connectivity index (χ1) is 2.41. The van der Waals surface area contributed by atoms with Gasteiger partial charge >= 0.3 is 0 Å². The van der Waals surface area contributed by atoms with Gasteiger partial charge in [-0.15, -0.1) is 12.4 Å². The van der Waals surface area contributed by atoms with Gasteiger partial charge in [-0.3, -0.25) is 0 Å². The van der Waals surface area contributed by atoms with Crippen molar-refractivity contribution in [3.05, 3.63) is 23.0 Å². The standard InChI is InChI=1S/C4H3Br.ClH/c1-2-3-4-5;/h4H,1H2;1H. The third-order valence-corrected chi connectivity index (χ3v) is 0.386. The topological polar surface area (TPSA) is 0 Å². The second kappa shape index (κ2) is 8.91. The van der Waals surface area contributed by atoms with Gasteiger partial charge in [-0.2, -0.15) is 0 Å². The Morgan fingerprint density at radius 1 is 1.67 bits per heavy atom. The van der Waals surface area contributed by atoms with Crippen LogP contribution >= 0.6 is 28.3 Å². The molecule has 0 bridgehead atoms. The second-order valence-electron chi connectivity index (χ2n) is 0.430. The van der Waals surface area contributed by atoms with Crippen LogP contribution in [0.5, 0.6) is 0 Å². The van der Waals surface area contributed by atoms with E-state index < -0.39 is 0 Å². The van der Waals surface area contributed by atoms with Crippen LogP contribution in [0.2, 0.25) is 0 Å². The molecule has 0 aromatic carbocycles. The van der Waals surface area contributed by atoms with Crippen molar-refractivity contribution in [2.75, 3.05) is 0 Å². The molecule has 0 amide bonds. The lowest BCUT2D eigenvalue weighted by atomic mass is 10.9. The Labute approximate surface area is 51.8 Å². The summed E-state index contributed by atoms with van der Waals surface area (Å²) in [5, 5.41) is 0. The predicted molar refractivity (Wildman–Crippen MR) is 33.4 cm³/mol. The van der Waals surface area contributed by atoms with Gasteiger partial charge in [-0.05, 0) is 22.5 Å². The highest BCUT2D eigenvalue weighted by molar-refractivity contribution is 9.11. The average molecular weight is 167 g/mol. The van der Waals surface area contributed by atoms with Gasteiger partial charge in [0.05, 0.1) is 0 Å². The summed E-state index contributed by atoms with van der Waals surface area (Å²) in [6, 6.07) is 0. The third kappa shape index (κ3) is 8.95. The van der Waals surface area contributed by atoms with Crippen molar-refractivity contribution in [1.29, 1.82) is 0 Å². The van der Waals surface area contributed by atoms with Crippen LogP contribution in [-0.4, -0.2) is 0 Å². The zero-order chi connectivity index (χ0) is 4.12. The Bertz CT molecular complexity index is 85.7. The van der Waals surface area contributed by atoms with E-state index in [1.165, 1.54) is 0 Å². The van der Waals surface area contributed by atoms with E-state index in [4.69, 9.17) is 0 Å². The molecule has 0 aliphatic heterocycles. The lowest BCUT2D eigenvalue weighted by Crippen LogP contribution is -1.10. The van der Waals surface area contributed by atoms with Crippen LogP contribution in [0.4, 0.5) is 0 Å². The van der Waals surface area contributed by atoms with E-state index in [1.807, 2.05) is 0 Å². The third-order valence-electron chi connectivity index (χ3n) is 0.157. The summed E-state index contributed by atoms with van der Waals surface area (Å²) < 4.78 is 0. The maximum absolute atomic E-state index is 3.25. The molecule has 0 aromatic rings. The van der Waals surface area contributed by atoms with Crippen LogP contribution in [0.3, 0.4) is 0 Å². The predicted octanol–water partition coefficient (Wildman–Crippen LogP) is 2.26. The number of hydrogen-bond donors (Lipinski definition) is 0. The summed E-state index contributed by atoms with van der Waals surface area (Å²) in [6.07, 6.45) is 0. The summed E-state index contributed by atoms with van der Waals surface area (Å²) >= 11 is 2.97. The quantitative estimate of drug-likeness (QED) is 0.486. The van der Waals surface area contributed by atoms with Crippen molar-refractivity contribution in [2.24, 2.45) is 0 Å². The molecule has 0 fully saturated rings. The van der Waals surface area contributed by atoms with Crippen LogP contribution < -0.4 is 0 Å². The van der Waals surface area contributed by atoms with Crippen LogP contribution in [0.25, 0.3) is 0 Å². The molecule has 0 N–H and O–H groups in total. The molecule has 0 unspecified atom stereocenters. The minimum atomic E-state index is 0. The summed E-state index contributed by atoms with van der Waals surface area (Å²) in [7, 11) is 0. The van der Waals surface area contributed by atoms with E-state index in [-0.39, 0.29) is 12.4 Å². The molecule has 34 valence electrons. The van der Waals surface area contributed by atoms with Crippen molar-refractivity contribution in [3.63, 3.8) is 0 Å². The Kier molecular flexibility index (Phi) is 14.0. The first-order valence-electron chi connectivity index (χ1n) is 1.11. The Balaban J connectivity index is 0. The van der Waals surface area contributed by atoms with Gasteiger partial charge in [0.1, 0.15) is 0 Å². The van der Waals surface area contributed by atoms with Crippen molar-refractivity contribution in [3.8, 4) is 0 Å². The minimum absolute atomic E-state index is 0. The maximum atomic E-state index is 3.25. The normalized spacial score (nSPS) is 3.50. The fraction of sp³-hybridized carbons (Fsp3) is 0. The molecule has 0 saturated heterocycles. The van der Waals surface area contributed by atoms with E-state index >= 15 is 0 Å². The van der Waals surface area contributed by atoms with Crippen LogP contribution in [0.15, 0.2) is 23.0 Å². The highest BCUT2D eigenvalue weighted by Gasteiger charge is 1.32. The van der Waals surface area contributed by atoms with Gasteiger partial charge in [0.15, 0.2) is 0 Å². The smallest absolute Gasteiger partial charge is 0.0316 e. The average Bonchev–Trinajstić information content (AvgIpc) is 1.41. The zero-order valence-electron chi connectivity index (χ0n) is 3.07. The molecule has 0 aliphatic rings. The molecular formula is C4H4BrCl. The molecule has 0 atom stereocenters. The van der Waals surface area contributed by atoms with Crippen LogP contribution in [0, 0.1) is 0 Å². The Hall–Kier alpha value is 0.0700. The summed E-state index contributed by atoms with van der Waals surface area (Å²) in [4.78, 5) is 1.57. The molecule has 0 radical (unpaired) electrons.